The van der Waals surface area contributed by atoms with Crippen LogP contribution in [0.25, 0.3) is 33.3 Å². The fourth-order valence-electron chi connectivity index (χ4n) is 4.11. The minimum atomic E-state index is 1.25. The molecule has 27 heavy (non-hydrogen) atoms. The van der Waals surface area contributed by atoms with E-state index >= 15 is 0 Å². The Labute approximate surface area is 161 Å². The molecule has 134 valence electrons. The lowest BCUT2D eigenvalue weighted by Gasteiger charge is -2.16. The first-order chi connectivity index (χ1) is 13.0. The molecule has 0 amide bonds. The maximum absolute atomic E-state index is 2.35. The van der Waals surface area contributed by atoms with Crippen molar-refractivity contribution in [3.8, 4) is 22.5 Å². The summed E-state index contributed by atoms with van der Waals surface area (Å²) in [7, 11) is 4.26. The van der Waals surface area contributed by atoms with Gasteiger partial charge in [0.05, 0.1) is 16.5 Å². The molecule has 2 aromatic carbocycles. The highest BCUT2D eigenvalue weighted by Crippen LogP contribution is 2.36. The lowest BCUT2D eigenvalue weighted by atomic mass is 9.88. The van der Waals surface area contributed by atoms with Crippen molar-refractivity contribution in [1.82, 2.24) is 0 Å². The van der Waals surface area contributed by atoms with Gasteiger partial charge in [0, 0.05) is 18.2 Å². The van der Waals surface area contributed by atoms with Crippen LogP contribution in [0.5, 0.6) is 0 Å². The summed E-state index contributed by atoms with van der Waals surface area (Å²) in [5.41, 5.74) is 9.15. The SMILES string of the molecule is Cc1cc(-c2c3ccccc3cc[n+]2C)c(C)c(-c2cccc[n+]2C)c1C. The molecule has 0 bridgehead atoms. The zero-order chi connectivity index (χ0) is 19.1. The van der Waals surface area contributed by atoms with Crippen LogP contribution in [0, 0.1) is 20.8 Å². The van der Waals surface area contributed by atoms with Crippen molar-refractivity contribution in [3.05, 3.63) is 83.7 Å². The topological polar surface area (TPSA) is 7.76 Å². The molecule has 0 N–H and O–H groups in total. The molecular formula is C25H26N2+2. The van der Waals surface area contributed by atoms with Crippen LogP contribution in [0.3, 0.4) is 0 Å². The number of fused-ring (bicyclic) bond motifs is 1. The quantitative estimate of drug-likeness (QED) is 0.459. The van der Waals surface area contributed by atoms with Gasteiger partial charge < -0.3 is 0 Å². The molecule has 0 saturated carbocycles. The van der Waals surface area contributed by atoms with E-state index in [9.17, 15) is 0 Å². The summed E-state index contributed by atoms with van der Waals surface area (Å²) in [6, 6.07) is 19.6. The Hall–Kier alpha value is -3.00. The molecule has 4 rings (SSSR count). The third-order valence-electron chi connectivity index (χ3n) is 5.72. The molecule has 0 spiro atoms. The molecule has 0 unspecified atom stereocenters. The van der Waals surface area contributed by atoms with E-state index in [2.05, 4.69) is 111 Å². The minimum absolute atomic E-state index is 1.25. The first-order valence-electron chi connectivity index (χ1n) is 9.42. The Morgan fingerprint density at radius 2 is 1.44 bits per heavy atom. The van der Waals surface area contributed by atoms with Crippen LogP contribution in [-0.2, 0) is 14.1 Å². The van der Waals surface area contributed by atoms with Crippen molar-refractivity contribution in [1.29, 1.82) is 0 Å². The molecule has 4 aromatic rings. The van der Waals surface area contributed by atoms with Crippen molar-refractivity contribution in [2.45, 2.75) is 20.8 Å². The molecule has 2 nitrogen and oxygen atoms in total. The van der Waals surface area contributed by atoms with Gasteiger partial charge in [-0.15, -0.1) is 0 Å². The molecule has 0 atom stereocenters. The van der Waals surface area contributed by atoms with Gasteiger partial charge in [0.15, 0.2) is 12.4 Å². The van der Waals surface area contributed by atoms with E-state index in [0.717, 1.165) is 0 Å². The van der Waals surface area contributed by atoms with Crippen LogP contribution < -0.4 is 9.13 Å². The van der Waals surface area contributed by atoms with Gasteiger partial charge in [-0.05, 0) is 61.0 Å². The predicted molar refractivity (Wildman–Crippen MR) is 111 cm³/mol. The molecule has 0 saturated heterocycles. The third kappa shape index (κ3) is 2.82. The van der Waals surface area contributed by atoms with E-state index in [1.54, 1.807) is 0 Å². The lowest BCUT2D eigenvalue weighted by molar-refractivity contribution is -0.660. The van der Waals surface area contributed by atoms with E-state index in [4.69, 9.17) is 0 Å². The molecule has 0 aliphatic rings. The van der Waals surface area contributed by atoms with Crippen molar-refractivity contribution in [2.75, 3.05) is 0 Å². The van der Waals surface area contributed by atoms with Crippen molar-refractivity contribution in [3.63, 3.8) is 0 Å². The monoisotopic (exact) mass is 354 g/mol. The van der Waals surface area contributed by atoms with E-state index in [1.807, 2.05) is 0 Å². The van der Waals surface area contributed by atoms with Gasteiger partial charge in [-0.25, -0.2) is 9.13 Å². The smallest absolute Gasteiger partial charge is 0.201 e. The van der Waals surface area contributed by atoms with Crippen LogP contribution in [0.1, 0.15) is 16.7 Å². The first kappa shape index (κ1) is 17.4. The highest BCUT2D eigenvalue weighted by molar-refractivity contribution is 5.95. The van der Waals surface area contributed by atoms with Gasteiger partial charge in [-0.3, -0.25) is 0 Å². The highest BCUT2D eigenvalue weighted by Gasteiger charge is 2.24. The normalized spacial score (nSPS) is 11.1. The average molecular weight is 354 g/mol. The number of hydrogen-bond donors (Lipinski definition) is 0. The number of pyridine rings is 2. The molecule has 0 fully saturated rings. The van der Waals surface area contributed by atoms with Crippen LogP contribution in [0.2, 0.25) is 0 Å². The summed E-state index contributed by atoms with van der Waals surface area (Å²) in [6.45, 7) is 6.71. The minimum Gasteiger partial charge on any atom is -0.201 e. The Bertz CT molecular complexity index is 1170. The number of benzene rings is 2. The van der Waals surface area contributed by atoms with E-state index < -0.39 is 0 Å². The van der Waals surface area contributed by atoms with E-state index in [-0.39, 0.29) is 0 Å². The number of nitrogens with zero attached hydrogens (tertiary/aromatic N) is 2. The van der Waals surface area contributed by atoms with Crippen molar-refractivity contribution >= 4 is 10.8 Å². The molecule has 2 heterocycles. The van der Waals surface area contributed by atoms with Crippen molar-refractivity contribution < 1.29 is 9.13 Å². The number of aryl methyl sites for hydroxylation is 3. The second-order valence-electron chi connectivity index (χ2n) is 7.43. The Balaban J connectivity index is 2.11. The summed E-state index contributed by atoms with van der Waals surface area (Å²) >= 11 is 0. The van der Waals surface area contributed by atoms with Crippen molar-refractivity contribution in [2.24, 2.45) is 14.1 Å². The molecule has 0 aliphatic carbocycles. The number of aromatic nitrogens is 2. The Kier molecular flexibility index (Phi) is 4.27. The summed E-state index contributed by atoms with van der Waals surface area (Å²) in [6.07, 6.45) is 4.28. The maximum Gasteiger partial charge on any atom is 0.220 e. The average Bonchev–Trinajstić information content (AvgIpc) is 2.67. The molecule has 2 aromatic heterocycles. The molecular weight excluding hydrogens is 328 g/mol. The van der Waals surface area contributed by atoms with Gasteiger partial charge in [0.1, 0.15) is 14.1 Å². The van der Waals surface area contributed by atoms with Gasteiger partial charge in [-0.2, -0.15) is 0 Å². The summed E-state index contributed by atoms with van der Waals surface area (Å²) in [5, 5.41) is 2.56. The van der Waals surface area contributed by atoms with Gasteiger partial charge >= 0.3 is 0 Å². The van der Waals surface area contributed by atoms with E-state index in [0.29, 0.717) is 0 Å². The van der Waals surface area contributed by atoms with E-state index in [1.165, 1.54) is 50.0 Å². The fraction of sp³-hybridized carbons (Fsp3) is 0.200. The molecule has 2 heteroatoms. The van der Waals surface area contributed by atoms with Gasteiger partial charge in [0.25, 0.3) is 0 Å². The lowest BCUT2D eigenvalue weighted by Crippen LogP contribution is -2.32. The molecule has 0 aliphatic heterocycles. The number of hydrogen-bond acceptors (Lipinski definition) is 0. The summed E-state index contributed by atoms with van der Waals surface area (Å²) in [4.78, 5) is 0. The summed E-state index contributed by atoms with van der Waals surface area (Å²) in [5.74, 6) is 0. The first-order valence-corrected chi connectivity index (χ1v) is 9.42. The zero-order valence-corrected chi connectivity index (χ0v) is 16.7. The standard InChI is InChI=1S/C25H26N2/c1-17-16-22(25-21-11-7-6-10-20(21)13-15-27(25)5)19(3)24(18(17)2)23-12-8-9-14-26(23)4/h6-16H,1-5H3/q+2. The highest BCUT2D eigenvalue weighted by atomic mass is 14.9. The number of rotatable bonds is 2. The Morgan fingerprint density at radius 3 is 2.22 bits per heavy atom. The second kappa shape index (κ2) is 6.62. The third-order valence-corrected chi connectivity index (χ3v) is 5.72. The second-order valence-corrected chi connectivity index (χ2v) is 7.43. The summed E-state index contributed by atoms with van der Waals surface area (Å²) < 4.78 is 4.45. The van der Waals surface area contributed by atoms with Crippen LogP contribution in [-0.4, -0.2) is 0 Å². The molecule has 0 radical (unpaired) electrons. The van der Waals surface area contributed by atoms with Gasteiger partial charge in [0.2, 0.25) is 11.4 Å². The van der Waals surface area contributed by atoms with Crippen LogP contribution >= 0.6 is 0 Å². The van der Waals surface area contributed by atoms with Gasteiger partial charge in [-0.1, -0.05) is 18.2 Å². The van der Waals surface area contributed by atoms with Crippen LogP contribution in [0.15, 0.2) is 67.0 Å². The maximum atomic E-state index is 2.35. The fourth-order valence-corrected chi connectivity index (χ4v) is 4.11. The zero-order valence-electron chi connectivity index (χ0n) is 16.7. The van der Waals surface area contributed by atoms with Crippen LogP contribution in [0.4, 0.5) is 0 Å². The predicted octanol–water partition coefficient (Wildman–Crippen LogP) is 4.75. The Morgan fingerprint density at radius 1 is 0.704 bits per heavy atom. The largest absolute Gasteiger partial charge is 0.220 e.